The first-order valence-electron chi connectivity index (χ1n) is 8.94. The molecule has 0 aromatic heterocycles. The fourth-order valence-electron chi connectivity index (χ4n) is 2.85. The second kappa shape index (κ2) is 8.71. The predicted octanol–water partition coefficient (Wildman–Crippen LogP) is 5.08. The van der Waals surface area contributed by atoms with Gasteiger partial charge < -0.3 is 5.32 Å². The largest absolute Gasteiger partial charge is 0.322 e. The van der Waals surface area contributed by atoms with E-state index in [1.165, 1.54) is 6.07 Å². The van der Waals surface area contributed by atoms with Crippen LogP contribution in [0.25, 0.3) is 0 Å². The summed E-state index contributed by atoms with van der Waals surface area (Å²) in [5, 5.41) is 2.82. The average molecular weight is 427 g/mol. The predicted molar refractivity (Wildman–Crippen MR) is 119 cm³/mol. The second-order valence-corrected chi connectivity index (χ2v) is 9.17. The topological polar surface area (TPSA) is 75.3 Å². The molecule has 150 valence electrons. The summed E-state index contributed by atoms with van der Waals surface area (Å²) < 4.78 is 28.4. The Balaban J connectivity index is 1.87. The van der Waals surface area contributed by atoms with Gasteiger partial charge in [0.2, 0.25) is 0 Å². The number of anilines is 2. The number of thioether (sulfide) groups is 1. The highest BCUT2D eigenvalue weighted by Crippen LogP contribution is 2.23. The fourth-order valence-corrected chi connectivity index (χ4v) is 4.63. The Labute approximate surface area is 175 Å². The maximum Gasteiger partial charge on any atom is 0.262 e. The zero-order valence-corrected chi connectivity index (χ0v) is 18.0. The molecule has 0 saturated heterocycles. The third-order valence-electron chi connectivity index (χ3n) is 4.34. The van der Waals surface area contributed by atoms with Gasteiger partial charge in [0.05, 0.1) is 4.90 Å². The van der Waals surface area contributed by atoms with Gasteiger partial charge in [0.15, 0.2) is 0 Å². The average Bonchev–Trinajstić information content (AvgIpc) is 2.68. The molecule has 0 aliphatic heterocycles. The molecule has 3 aromatic rings. The molecule has 0 aliphatic carbocycles. The van der Waals surface area contributed by atoms with Crippen molar-refractivity contribution in [2.24, 2.45) is 0 Å². The van der Waals surface area contributed by atoms with E-state index >= 15 is 0 Å². The van der Waals surface area contributed by atoms with Gasteiger partial charge >= 0.3 is 0 Å². The first-order valence-corrected chi connectivity index (χ1v) is 11.6. The molecule has 29 heavy (non-hydrogen) atoms. The Morgan fingerprint density at radius 3 is 2.34 bits per heavy atom. The van der Waals surface area contributed by atoms with Gasteiger partial charge in [-0.25, -0.2) is 8.42 Å². The van der Waals surface area contributed by atoms with Crippen molar-refractivity contribution in [2.45, 2.75) is 23.6 Å². The second-order valence-electron chi connectivity index (χ2n) is 6.64. The maximum absolute atomic E-state index is 12.9. The van der Waals surface area contributed by atoms with Crippen molar-refractivity contribution in [1.82, 2.24) is 0 Å². The lowest BCUT2D eigenvalue weighted by atomic mass is 10.1. The molecule has 1 amide bonds. The van der Waals surface area contributed by atoms with Crippen LogP contribution in [0.5, 0.6) is 0 Å². The Kier molecular flexibility index (Phi) is 6.30. The highest BCUT2D eigenvalue weighted by atomic mass is 32.2. The maximum atomic E-state index is 12.9. The minimum atomic E-state index is -3.83. The van der Waals surface area contributed by atoms with Gasteiger partial charge in [0.25, 0.3) is 15.9 Å². The first kappa shape index (κ1) is 21.0. The lowest BCUT2D eigenvalue weighted by molar-refractivity contribution is 0.102. The monoisotopic (exact) mass is 426 g/mol. The van der Waals surface area contributed by atoms with E-state index in [0.717, 1.165) is 10.5 Å². The standard InChI is InChI=1S/C22H22N2O3S2/c1-15-6-4-8-19(12-15)24-29(26,27)21-13-17(11-10-16(21)2)22(25)23-18-7-5-9-20(14-18)28-3/h4-14,24H,1-3H3,(H,23,25). The van der Waals surface area contributed by atoms with Gasteiger partial charge in [0, 0.05) is 21.8 Å². The molecule has 2 N–H and O–H groups in total. The van der Waals surface area contributed by atoms with E-state index < -0.39 is 10.0 Å². The molecule has 0 heterocycles. The van der Waals surface area contributed by atoms with Crippen LogP contribution in [0.15, 0.2) is 76.5 Å². The molecule has 5 nitrogen and oxygen atoms in total. The number of rotatable bonds is 6. The van der Waals surface area contributed by atoms with Crippen LogP contribution in [0, 0.1) is 13.8 Å². The molecule has 0 bridgehead atoms. The van der Waals surface area contributed by atoms with Gasteiger partial charge in [-0.15, -0.1) is 11.8 Å². The molecule has 0 aliphatic rings. The normalized spacial score (nSPS) is 11.1. The van der Waals surface area contributed by atoms with Crippen molar-refractivity contribution in [3.63, 3.8) is 0 Å². The van der Waals surface area contributed by atoms with E-state index in [0.29, 0.717) is 16.9 Å². The quantitative estimate of drug-likeness (QED) is 0.539. The SMILES string of the molecule is CSc1cccc(NC(=O)c2ccc(C)c(S(=O)(=O)Nc3cccc(C)c3)c2)c1. The van der Waals surface area contributed by atoms with Gasteiger partial charge in [-0.3, -0.25) is 9.52 Å². The van der Waals surface area contributed by atoms with Crippen LogP contribution in [0.4, 0.5) is 11.4 Å². The van der Waals surface area contributed by atoms with Gasteiger partial charge in [-0.2, -0.15) is 0 Å². The number of carbonyl (C=O) groups is 1. The number of hydrogen-bond donors (Lipinski definition) is 2. The third-order valence-corrected chi connectivity index (χ3v) is 6.59. The first-order chi connectivity index (χ1) is 13.8. The summed E-state index contributed by atoms with van der Waals surface area (Å²) in [4.78, 5) is 13.8. The van der Waals surface area contributed by atoms with Crippen LogP contribution in [0.1, 0.15) is 21.5 Å². The lowest BCUT2D eigenvalue weighted by Crippen LogP contribution is -2.17. The van der Waals surface area contributed by atoms with Gasteiger partial charge in [-0.05, 0) is 73.7 Å². The molecular formula is C22H22N2O3S2. The van der Waals surface area contributed by atoms with E-state index in [1.807, 2.05) is 37.4 Å². The number of nitrogens with one attached hydrogen (secondary N) is 2. The van der Waals surface area contributed by atoms with E-state index in [1.54, 1.807) is 55.1 Å². The van der Waals surface area contributed by atoms with E-state index in [4.69, 9.17) is 0 Å². The van der Waals surface area contributed by atoms with Crippen LogP contribution >= 0.6 is 11.8 Å². The number of hydrogen-bond acceptors (Lipinski definition) is 4. The zero-order chi connectivity index (χ0) is 21.0. The number of benzene rings is 3. The Morgan fingerprint density at radius 1 is 0.897 bits per heavy atom. The summed E-state index contributed by atoms with van der Waals surface area (Å²) in [7, 11) is -3.83. The van der Waals surface area contributed by atoms with Crippen molar-refractivity contribution >= 4 is 39.1 Å². The minimum Gasteiger partial charge on any atom is -0.322 e. The molecule has 0 spiro atoms. The molecule has 0 saturated carbocycles. The van der Waals surface area contributed by atoms with Gasteiger partial charge in [0.1, 0.15) is 0 Å². The van der Waals surface area contributed by atoms with E-state index in [9.17, 15) is 13.2 Å². The van der Waals surface area contributed by atoms with Crippen molar-refractivity contribution in [2.75, 3.05) is 16.3 Å². The van der Waals surface area contributed by atoms with Crippen LogP contribution in [-0.4, -0.2) is 20.6 Å². The molecule has 0 radical (unpaired) electrons. The summed E-state index contributed by atoms with van der Waals surface area (Å²) in [6, 6.07) is 19.3. The Hall–Kier alpha value is -2.77. The third kappa shape index (κ3) is 5.19. The molecular weight excluding hydrogens is 404 g/mol. The summed E-state index contributed by atoms with van der Waals surface area (Å²) >= 11 is 1.58. The van der Waals surface area contributed by atoms with Crippen LogP contribution in [0.2, 0.25) is 0 Å². The number of amides is 1. The molecule has 0 unspecified atom stereocenters. The summed E-state index contributed by atoms with van der Waals surface area (Å²) in [5.74, 6) is -0.366. The summed E-state index contributed by atoms with van der Waals surface area (Å²) in [6.45, 7) is 3.59. The van der Waals surface area contributed by atoms with Crippen molar-refractivity contribution in [3.05, 3.63) is 83.4 Å². The van der Waals surface area contributed by atoms with E-state index in [-0.39, 0.29) is 16.4 Å². The van der Waals surface area contributed by atoms with E-state index in [2.05, 4.69) is 10.0 Å². The highest BCUT2D eigenvalue weighted by molar-refractivity contribution is 7.98. The number of aryl methyl sites for hydroxylation is 2. The lowest BCUT2D eigenvalue weighted by Gasteiger charge is -2.13. The van der Waals surface area contributed by atoms with Crippen LogP contribution < -0.4 is 10.0 Å². The number of carbonyl (C=O) groups excluding carboxylic acids is 1. The zero-order valence-electron chi connectivity index (χ0n) is 16.4. The fraction of sp³-hybridized carbons (Fsp3) is 0.136. The molecule has 3 rings (SSSR count). The van der Waals surface area contributed by atoms with Gasteiger partial charge in [-0.1, -0.05) is 24.3 Å². The Morgan fingerprint density at radius 2 is 1.62 bits per heavy atom. The van der Waals surface area contributed by atoms with Crippen LogP contribution in [-0.2, 0) is 10.0 Å². The minimum absolute atomic E-state index is 0.0736. The summed E-state index contributed by atoms with van der Waals surface area (Å²) in [6.07, 6.45) is 1.96. The van der Waals surface area contributed by atoms with Crippen molar-refractivity contribution < 1.29 is 13.2 Å². The van der Waals surface area contributed by atoms with Crippen molar-refractivity contribution in [1.29, 1.82) is 0 Å². The molecule has 0 fully saturated rings. The van der Waals surface area contributed by atoms with Crippen molar-refractivity contribution in [3.8, 4) is 0 Å². The smallest absolute Gasteiger partial charge is 0.262 e. The molecule has 0 atom stereocenters. The summed E-state index contributed by atoms with van der Waals surface area (Å²) in [5.41, 5.74) is 2.92. The molecule has 7 heteroatoms. The molecule has 3 aromatic carbocycles. The van der Waals surface area contributed by atoms with Crippen LogP contribution in [0.3, 0.4) is 0 Å². The number of sulfonamides is 1. The highest BCUT2D eigenvalue weighted by Gasteiger charge is 2.19. The Bertz CT molecular complexity index is 1160.